The molecule has 0 aliphatic heterocycles. The Morgan fingerprint density at radius 1 is 1.05 bits per heavy atom. The Bertz CT molecular complexity index is 1640. The number of aromatic nitrogens is 3. The molecule has 0 unspecified atom stereocenters. The molecule has 0 aliphatic carbocycles. The van der Waals surface area contributed by atoms with Crippen molar-refractivity contribution in [3.8, 4) is 5.13 Å². The van der Waals surface area contributed by atoms with Crippen LogP contribution in [0.1, 0.15) is 32.1 Å². The van der Waals surface area contributed by atoms with E-state index in [-0.39, 0.29) is 23.4 Å². The van der Waals surface area contributed by atoms with Gasteiger partial charge in [0, 0.05) is 12.8 Å². The number of nitrogens with one attached hydrogen (secondary N) is 1. The highest BCUT2D eigenvalue weighted by molar-refractivity contribution is 7.20. The summed E-state index contributed by atoms with van der Waals surface area (Å²) in [4.78, 5) is 34.4. The van der Waals surface area contributed by atoms with Crippen LogP contribution in [0.25, 0.3) is 26.4 Å². The number of methoxy groups -OCH3 is 1. The molecule has 2 heterocycles. The lowest BCUT2D eigenvalue weighted by Crippen LogP contribution is -2.19. The highest BCUT2D eigenvalue weighted by atomic mass is 32.1. The Balaban J connectivity index is 1.67. The molecule has 0 fully saturated rings. The fraction of sp³-hybridized carbons (Fsp3) is 0.120. The van der Waals surface area contributed by atoms with Crippen LogP contribution >= 0.6 is 11.3 Å². The zero-order valence-corrected chi connectivity index (χ0v) is 20.0. The maximum Gasteiger partial charge on any atom is 0.417 e. The monoisotopic (exact) mass is 525 g/mol. The van der Waals surface area contributed by atoms with Crippen molar-refractivity contribution in [3.63, 3.8) is 0 Å². The largest absolute Gasteiger partial charge is 0.417 e. The summed E-state index contributed by atoms with van der Waals surface area (Å²) >= 11 is 1.37. The van der Waals surface area contributed by atoms with Crippen molar-refractivity contribution in [3.05, 3.63) is 83.2 Å². The average Bonchev–Trinajstić information content (AvgIpc) is 3.43. The third-order valence-electron chi connectivity index (χ3n) is 5.58. The van der Waals surface area contributed by atoms with E-state index in [2.05, 4.69) is 15.3 Å². The summed E-state index contributed by atoms with van der Waals surface area (Å²) in [6.07, 6.45) is -4.73. The molecule has 0 bridgehead atoms. The second kappa shape index (κ2) is 9.30. The number of nitrogens with two attached hydrogens (primary N) is 1. The number of halogens is 3. The van der Waals surface area contributed by atoms with Gasteiger partial charge in [0.2, 0.25) is 0 Å². The number of primary amides is 1. The van der Waals surface area contributed by atoms with Crippen molar-refractivity contribution < 1.29 is 27.5 Å². The first-order chi connectivity index (χ1) is 17.7. The number of benzene rings is 3. The summed E-state index contributed by atoms with van der Waals surface area (Å²) in [5.74, 6) is -1.40. The van der Waals surface area contributed by atoms with Gasteiger partial charge in [0.25, 0.3) is 11.8 Å². The number of ether oxygens (including phenoxy) is 1. The van der Waals surface area contributed by atoms with E-state index in [0.717, 1.165) is 22.3 Å². The van der Waals surface area contributed by atoms with Crippen molar-refractivity contribution in [1.29, 1.82) is 0 Å². The molecule has 5 rings (SSSR count). The molecule has 0 saturated carbocycles. The fourth-order valence-corrected chi connectivity index (χ4v) is 5.01. The van der Waals surface area contributed by atoms with Gasteiger partial charge in [0.1, 0.15) is 17.9 Å². The van der Waals surface area contributed by atoms with Crippen LogP contribution in [0.5, 0.6) is 0 Å². The molecule has 2 amide bonds. The second-order valence-electron chi connectivity index (χ2n) is 8.01. The molecule has 12 heteroatoms. The van der Waals surface area contributed by atoms with Crippen LogP contribution in [0.15, 0.2) is 60.7 Å². The zero-order valence-electron chi connectivity index (χ0n) is 19.2. The van der Waals surface area contributed by atoms with E-state index in [1.807, 2.05) is 24.3 Å². The van der Waals surface area contributed by atoms with Crippen LogP contribution in [-0.2, 0) is 17.5 Å². The third kappa shape index (κ3) is 4.52. The van der Waals surface area contributed by atoms with Crippen molar-refractivity contribution in [2.45, 2.75) is 12.8 Å². The number of imidazole rings is 1. The minimum atomic E-state index is -4.73. The molecule has 0 radical (unpaired) electrons. The topological polar surface area (TPSA) is 112 Å². The van der Waals surface area contributed by atoms with Crippen molar-refractivity contribution in [1.82, 2.24) is 14.5 Å². The van der Waals surface area contributed by atoms with Crippen LogP contribution in [0, 0.1) is 0 Å². The van der Waals surface area contributed by atoms with Gasteiger partial charge in [-0.2, -0.15) is 13.2 Å². The normalized spacial score (nSPS) is 11.8. The van der Waals surface area contributed by atoms with Gasteiger partial charge in [-0.05, 0) is 36.4 Å². The number of anilines is 1. The highest BCUT2D eigenvalue weighted by Crippen LogP contribution is 2.34. The Morgan fingerprint density at radius 2 is 1.78 bits per heavy atom. The SMILES string of the molecule is COCc1nc2c(C(N)=O)cc(NC(=O)c3ccccc3C(F)(F)F)cc2n1-c1nc2ccccc2s1. The quantitative estimate of drug-likeness (QED) is 0.318. The van der Waals surface area contributed by atoms with Gasteiger partial charge in [0.15, 0.2) is 5.13 Å². The van der Waals surface area contributed by atoms with E-state index in [9.17, 15) is 22.8 Å². The van der Waals surface area contributed by atoms with Gasteiger partial charge in [0.05, 0.1) is 32.4 Å². The van der Waals surface area contributed by atoms with E-state index in [4.69, 9.17) is 10.5 Å². The highest BCUT2D eigenvalue weighted by Gasteiger charge is 2.35. The van der Waals surface area contributed by atoms with Crippen molar-refractivity contribution >= 4 is 50.1 Å². The molecule has 188 valence electrons. The minimum Gasteiger partial charge on any atom is -0.377 e. The predicted molar refractivity (Wildman–Crippen MR) is 133 cm³/mol. The Labute approximate surface area is 211 Å². The van der Waals surface area contributed by atoms with Gasteiger partial charge in [-0.3, -0.25) is 14.2 Å². The van der Waals surface area contributed by atoms with Crippen molar-refractivity contribution in [2.75, 3.05) is 12.4 Å². The van der Waals surface area contributed by atoms with Crippen LogP contribution < -0.4 is 11.1 Å². The number of para-hydroxylation sites is 1. The molecule has 0 aliphatic rings. The summed E-state index contributed by atoms with van der Waals surface area (Å²) in [6.45, 7) is 0.0729. The molecule has 8 nitrogen and oxygen atoms in total. The summed E-state index contributed by atoms with van der Waals surface area (Å²) in [5.41, 5.74) is 5.38. The van der Waals surface area contributed by atoms with Gasteiger partial charge < -0.3 is 15.8 Å². The summed E-state index contributed by atoms with van der Waals surface area (Å²) in [6, 6.07) is 14.7. The Hall–Kier alpha value is -4.29. The zero-order chi connectivity index (χ0) is 26.3. The van der Waals surface area contributed by atoms with Crippen LogP contribution in [0.4, 0.5) is 18.9 Å². The summed E-state index contributed by atoms with van der Waals surface area (Å²) in [7, 11) is 1.49. The molecule has 3 N–H and O–H groups in total. The van der Waals surface area contributed by atoms with Crippen LogP contribution in [0.2, 0.25) is 0 Å². The lowest BCUT2D eigenvalue weighted by atomic mass is 10.1. The number of nitrogens with zero attached hydrogens (tertiary/aromatic N) is 3. The van der Waals surface area contributed by atoms with Crippen LogP contribution in [-0.4, -0.2) is 33.5 Å². The number of alkyl halides is 3. The first kappa shape index (κ1) is 24.4. The van der Waals surface area contributed by atoms with Gasteiger partial charge in [-0.1, -0.05) is 35.6 Å². The first-order valence-electron chi connectivity index (χ1n) is 10.8. The number of hydrogen-bond acceptors (Lipinski definition) is 6. The van der Waals surface area contributed by atoms with Gasteiger partial charge in [-0.15, -0.1) is 0 Å². The molecule has 0 atom stereocenters. The molecular weight excluding hydrogens is 507 g/mol. The second-order valence-corrected chi connectivity index (χ2v) is 9.02. The molecule has 0 spiro atoms. The van der Waals surface area contributed by atoms with E-state index < -0.39 is 29.1 Å². The molecule has 2 aromatic heterocycles. The average molecular weight is 526 g/mol. The van der Waals surface area contributed by atoms with E-state index in [0.29, 0.717) is 16.5 Å². The number of rotatable bonds is 6. The number of amides is 2. The maximum absolute atomic E-state index is 13.5. The molecular formula is C25H18F3N5O3S. The summed E-state index contributed by atoms with van der Waals surface area (Å²) < 4.78 is 48.3. The lowest BCUT2D eigenvalue weighted by Gasteiger charge is -2.13. The molecule has 37 heavy (non-hydrogen) atoms. The lowest BCUT2D eigenvalue weighted by molar-refractivity contribution is -0.137. The number of hydrogen-bond donors (Lipinski definition) is 2. The molecule has 3 aromatic carbocycles. The predicted octanol–water partition coefficient (Wildman–Crippen LogP) is 5.15. The third-order valence-corrected chi connectivity index (χ3v) is 6.60. The first-order valence-corrected chi connectivity index (χ1v) is 11.7. The van der Waals surface area contributed by atoms with E-state index >= 15 is 0 Å². The molecule has 5 aromatic rings. The maximum atomic E-state index is 13.5. The van der Waals surface area contributed by atoms with Crippen molar-refractivity contribution in [2.24, 2.45) is 5.73 Å². The van der Waals surface area contributed by atoms with Crippen LogP contribution in [0.3, 0.4) is 0 Å². The molecule has 0 saturated heterocycles. The number of thiazole rings is 1. The number of fused-ring (bicyclic) bond motifs is 2. The smallest absolute Gasteiger partial charge is 0.377 e. The van der Waals surface area contributed by atoms with Gasteiger partial charge in [-0.25, -0.2) is 9.97 Å². The summed E-state index contributed by atoms with van der Waals surface area (Å²) in [5, 5.41) is 2.99. The minimum absolute atomic E-state index is 0.0193. The Morgan fingerprint density at radius 3 is 2.49 bits per heavy atom. The van der Waals surface area contributed by atoms with Gasteiger partial charge >= 0.3 is 6.18 Å². The number of carbonyl (C=O) groups is 2. The number of carbonyl (C=O) groups excluding carboxylic acids is 2. The van der Waals surface area contributed by atoms with E-state index in [1.54, 1.807) is 4.57 Å². The standard InChI is InChI=1S/C25H18F3N5O3S/c1-36-12-20-32-21-15(22(29)34)10-13(30-23(35)14-6-2-3-7-16(14)25(26,27)28)11-18(21)33(20)24-31-17-8-4-5-9-19(17)37-24/h2-11H,12H2,1H3,(H2,29,34)(H,30,35). The van der Waals surface area contributed by atoms with E-state index in [1.165, 1.54) is 42.7 Å². The fourth-order valence-electron chi connectivity index (χ4n) is 4.01. The Kier molecular flexibility index (Phi) is 6.13.